The van der Waals surface area contributed by atoms with Crippen molar-refractivity contribution in [3.8, 4) is 0 Å². The number of hydrogen-bond donors (Lipinski definition) is 1. The highest BCUT2D eigenvalue weighted by Gasteiger charge is 2.51. The van der Waals surface area contributed by atoms with E-state index in [0.29, 0.717) is 26.1 Å². The first-order valence-corrected chi connectivity index (χ1v) is 12.0. The minimum Gasteiger partial charge on any atom is -0.342 e. The number of piperidine rings is 1. The zero-order chi connectivity index (χ0) is 22.6. The monoisotopic (exact) mass is 433 g/mol. The van der Waals surface area contributed by atoms with Crippen LogP contribution in [0, 0.1) is 5.92 Å². The maximum atomic E-state index is 13.6. The summed E-state index contributed by atoms with van der Waals surface area (Å²) in [5.74, 6) is 0.538. The van der Waals surface area contributed by atoms with Crippen molar-refractivity contribution in [2.45, 2.75) is 64.2 Å². The zero-order valence-corrected chi connectivity index (χ0v) is 19.3. The molecule has 5 nitrogen and oxygen atoms in total. The molecule has 32 heavy (non-hydrogen) atoms. The molecule has 1 N–H and O–H groups in total. The van der Waals surface area contributed by atoms with E-state index in [1.165, 1.54) is 0 Å². The van der Waals surface area contributed by atoms with Crippen molar-refractivity contribution in [1.82, 2.24) is 15.1 Å². The molecule has 2 aromatic carbocycles. The number of amides is 2. The summed E-state index contributed by atoms with van der Waals surface area (Å²) in [5, 5.41) is 3.73. The van der Waals surface area contributed by atoms with Crippen molar-refractivity contribution in [2.24, 2.45) is 5.92 Å². The van der Waals surface area contributed by atoms with E-state index in [4.69, 9.17) is 0 Å². The molecule has 2 heterocycles. The molecular weight excluding hydrogens is 398 g/mol. The van der Waals surface area contributed by atoms with Gasteiger partial charge in [0.05, 0.1) is 11.7 Å². The molecule has 0 unspecified atom stereocenters. The van der Waals surface area contributed by atoms with E-state index >= 15 is 0 Å². The number of nitrogens with one attached hydrogen (secondary N) is 1. The third kappa shape index (κ3) is 4.58. The normalized spacial score (nSPS) is 20.3. The average Bonchev–Trinajstić information content (AvgIpc) is 3.07. The first kappa shape index (κ1) is 22.5. The van der Waals surface area contributed by atoms with Crippen LogP contribution in [-0.4, -0.2) is 46.4 Å². The average molecular weight is 434 g/mol. The van der Waals surface area contributed by atoms with Crippen molar-refractivity contribution in [2.75, 3.05) is 13.1 Å². The Hall–Kier alpha value is -2.66. The van der Waals surface area contributed by atoms with Crippen LogP contribution >= 0.6 is 0 Å². The lowest BCUT2D eigenvalue weighted by Crippen LogP contribution is -2.59. The predicted molar refractivity (Wildman–Crippen MR) is 127 cm³/mol. The number of carbonyl (C=O) groups is 2. The van der Waals surface area contributed by atoms with Crippen LogP contribution in [0.4, 0.5) is 0 Å². The third-order valence-electron chi connectivity index (χ3n) is 7.23. The minimum atomic E-state index is -0.392. The highest BCUT2D eigenvalue weighted by Crippen LogP contribution is 2.35. The molecule has 2 aliphatic rings. The van der Waals surface area contributed by atoms with Crippen LogP contribution in [0.2, 0.25) is 0 Å². The van der Waals surface area contributed by atoms with Gasteiger partial charge in [-0.1, -0.05) is 74.5 Å². The molecule has 2 saturated heterocycles. The van der Waals surface area contributed by atoms with Crippen LogP contribution in [0.1, 0.15) is 50.7 Å². The van der Waals surface area contributed by atoms with E-state index in [9.17, 15) is 9.59 Å². The topological polar surface area (TPSA) is 52.7 Å². The maximum Gasteiger partial charge on any atom is 0.241 e. The molecule has 2 aliphatic heterocycles. The summed E-state index contributed by atoms with van der Waals surface area (Å²) in [6, 6.07) is 20.2. The largest absolute Gasteiger partial charge is 0.342 e. The van der Waals surface area contributed by atoms with E-state index in [-0.39, 0.29) is 23.8 Å². The molecule has 1 spiro atoms. The minimum absolute atomic E-state index is 0.105. The van der Waals surface area contributed by atoms with Gasteiger partial charge in [-0.2, -0.15) is 0 Å². The number of benzene rings is 2. The van der Waals surface area contributed by atoms with Crippen LogP contribution in [-0.2, 0) is 22.6 Å². The lowest BCUT2D eigenvalue weighted by atomic mass is 9.93. The van der Waals surface area contributed by atoms with Crippen molar-refractivity contribution in [3.05, 3.63) is 71.8 Å². The van der Waals surface area contributed by atoms with Crippen molar-refractivity contribution < 1.29 is 9.59 Å². The molecule has 0 aromatic heterocycles. The summed E-state index contributed by atoms with van der Waals surface area (Å²) < 4.78 is 0. The number of hydrogen-bond acceptors (Lipinski definition) is 3. The summed E-state index contributed by atoms with van der Waals surface area (Å²) in [6.07, 6.45) is 3.98. The second-order valence-electron chi connectivity index (χ2n) is 9.17. The number of likely N-dealkylation sites (tertiary alicyclic amines) is 1. The third-order valence-corrected chi connectivity index (χ3v) is 7.23. The van der Waals surface area contributed by atoms with Crippen LogP contribution in [0.15, 0.2) is 60.7 Å². The molecule has 1 atom stereocenters. The molecule has 5 heteroatoms. The van der Waals surface area contributed by atoms with E-state index in [1.54, 1.807) is 0 Å². The van der Waals surface area contributed by atoms with Gasteiger partial charge >= 0.3 is 0 Å². The van der Waals surface area contributed by atoms with Gasteiger partial charge < -0.3 is 9.80 Å². The van der Waals surface area contributed by atoms with Crippen LogP contribution in [0.3, 0.4) is 0 Å². The van der Waals surface area contributed by atoms with Gasteiger partial charge in [-0.15, -0.1) is 0 Å². The Balaban J connectivity index is 1.54. The van der Waals surface area contributed by atoms with Crippen molar-refractivity contribution >= 4 is 11.8 Å². The number of nitrogens with zero attached hydrogens (tertiary/aromatic N) is 2. The van der Waals surface area contributed by atoms with Crippen LogP contribution < -0.4 is 5.32 Å². The first-order valence-electron chi connectivity index (χ1n) is 12.0. The quantitative estimate of drug-likeness (QED) is 0.719. The van der Waals surface area contributed by atoms with E-state index in [1.807, 2.05) is 41.3 Å². The van der Waals surface area contributed by atoms with Gasteiger partial charge in [0.2, 0.25) is 11.8 Å². The fraction of sp³-hybridized carbons (Fsp3) is 0.481. The first-order chi connectivity index (χ1) is 15.6. The summed E-state index contributed by atoms with van der Waals surface area (Å²) in [4.78, 5) is 30.6. The second-order valence-corrected chi connectivity index (χ2v) is 9.17. The van der Waals surface area contributed by atoms with Gasteiger partial charge in [0.15, 0.2) is 0 Å². The lowest BCUT2D eigenvalue weighted by Gasteiger charge is -2.45. The van der Waals surface area contributed by atoms with Crippen molar-refractivity contribution in [1.29, 1.82) is 0 Å². The van der Waals surface area contributed by atoms with E-state index in [2.05, 4.69) is 48.3 Å². The molecule has 0 radical (unpaired) electrons. The fourth-order valence-corrected chi connectivity index (χ4v) is 5.25. The maximum absolute atomic E-state index is 13.6. The Morgan fingerprint density at radius 1 is 0.969 bits per heavy atom. The summed E-state index contributed by atoms with van der Waals surface area (Å²) in [6.45, 7) is 6.16. The zero-order valence-electron chi connectivity index (χ0n) is 19.3. The van der Waals surface area contributed by atoms with Gasteiger partial charge in [-0.3, -0.25) is 14.9 Å². The Bertz CT molecular complexity index is 903. The second kappa shape index (κ2) is 9.86. The summed E-state index contributed by atoms with van der Waals surface area (Å²) in [7, 11) is 0. The Morgan fingerprint density at radius 2 is 1.53 bits per heavy atom. The standard InChI is InChI=1S/C27H35N3O2/c1-3-23(4-2)25(31)29-17-15-27(16-18-29)28-24(19-21-11-7-5-8-12-21)26(32)30(27)20-22-13-9-6-10-14-22/h5-14,23-24,28H,3-4,15-20H2,1-2H3/t24-/m1/s1. The highest BCUT2D eigenvalue weighted by atomic mass is 16.2. The summed E-state index contributed by atoms with van der Waals surface area (Å²) >= 11 is 0. The predicted octanol–water partition coefficient (Wildman–Crippen LogP) is 3.98. The molecule has 2 fully saturated rings. The smallest absolute Gasteiger partial charge is 0.241 e. The Labute approximate surface area is 191 Å². The lowest BCUT2D eigenvalue weighted by molar-refractivity contribution is -0.140. The molecule has 2 amide bonds. The SMILES string of the molecule is CCC(CC)C(=O)N1CCC2(CC1)N[C@H](Cc1ccccc1)C(=O)N2Cc1ccccc1. The Morgan fingerprint density at radius 3 is 2.09 bits per heavy atom. The molecular formula is C27H35N3O2. The molecule has 170 valence electrons. The molecule has 2 aromatic rings. The number of carbonyl (C=O) groups excluding carboxylic acids is 2. The van der Waals surface area contributed by atoms with Gasteiger partial charge in [-0.25, -0.2) is 0 Å². The molecule has 0 aliphatic carbocycles. The van der Waals surface area contributed by atoms with Crippen LogP contribution in [0.5, 0.6) is 0 Å². The molecule has 0 saturated carbocycles. The van der Waals surface area contributed by atoms with Crippen molar-refractivity contribution in [3.63, 3.8) is 0 Å². The fourth-order valence-electron chi connectivity index (χ4n) is 5.25. The van der Waals surface area contributed by atoms with Gasteiger partial charge in [0, 0.05) is 38.4 Å². The van der Waals surface area contributed by atoms with Gasteiger partial charge in [-0.05, 0) is 30.4 Å². The van der Waals surface area contributed by atoms with E-state index < -0.39 is 5.66 Å². The molecule has 4 rings (SSSR count). The number of rotatable bonds is 7. The summed E-state index contributed by atoms with van der Waals surface area (Å²) in [5.41, 5.74) is 1.91. The Kier molecular flexibility index (Phi) is 6.95. The van der Waals surface area contributed by atoms with Gasteiger partial charge in [0.1, 0.15) is 0 Å². The van der Waals surface area contributed by atoms with E-state index in [0.717, 1.165) is 36.8 Å². The van der Waals surface area contributed by atoms with Gasteiger partial charge in [0.25, 0.3) is 0 Å². The molecule has 0 bridgehead atoms. The van der Waals surface area contributed by atoms with Crippen LogP contribution in [0.25, 0.3) is 0 Å². The highest BCUT2D eigenvalue weighted by molar-refractivity contribution is 5.86.